The summed E-state index contributed by atoms with van der Waals surface area (Å²) in [7, 11) is 0. The van der Waals surface area contributed by atoms with Crippen LogP contribution < -0.4 is 0 Å². The predicted octanol–water partition coefficient (Wildman–Crippen LogP) is -2.72. The number of carboxylic acids is 2. The maximum atomic E-state index is 10.9. The van der Waals surface area contributed by atoms with Gasteiger partial charge < -0.3 is 20.1 Å². The van der Waals surface area contributed by atoms with Gasteiger partial charge in [-0.1, -0.05) is 0 Å². The van der Waals surface area contributed by atoms with Crippen molar-refractivity contribution in [3.63, 3.8) is 0 Å². The van der Waals surface area contributed by atoms with Gasteiger partial charge in [0.2, 0.25) is 0 Å². The van der Waals surface area contributed by atoms with E-state index in [4.69, 9.17) is 10.2 Å². The zero-order valence-corrected chi connectivity index (χ0v) is 8.10. The molecule has 0 aliphatic heterocycles. The van der Waals surface area contributed by atoms with E-state index in [0.29, 0.717) is 0 Å². The van der Waals surface area contributed by atoms with Crippen LogP contribution in [0.1, 0.15) is 19.8 Å². The second-order valence-corrected chi connectivity index (χ2v) is 2.89. The summed E-state index contributed by atoms with van der Waals surface area (Å²) in [5, 5.41) is 26.3. The van der Waals surface area contributed by atoms with Gasteiger partial charge in [-0.25, -0.2) is 4.79 Å². The fraction of sp³-hybridized carbons (Fsp3) is 0.625. The average Bonchev–Trinajstić information content (AvgIpc) is 2.01. The monoisotopic (exact) mass is 292 g/mol. The van der Waals surface area contributed by atoms with Crippen molar-refractivity contribution in [2.45, 2.75) is 25.4 Å². The molecule has 0 fully saturated rings. The molecular weight excluding hydrogens is 277 g/mol. The Morgan fingerprint density at radius 2 is 1.50 bits per heavy atom. The molecule has 0 spiro atoms. The molecule has 3 N–H and O–H groups in total. The van der Waals surface area contributed by atoms with Gasteiger partial charge in [-0.2, -0.15) is 0 Å². The molecule has 0 saturated carbocycles. The molecule has 1 unspecified atom stereocenters. The van der Waals surface area contributed by atoms with Crippen molar-refractivity contribution >= 4 is 107 Å². The van der Waals surface area contributed by atoms with Crippen LogP contribution in [0, 0.1) is 0 Å². The molecule has 0 aromatic heterocycles. The average molecular weight is 292 g/mol. The third-order valence-corrected chi connectivity index (χ3v) is 1.58. The van der Waals surface area contributed by atoms with E-state index in [1.165, 1.54) is 6.92 Å². The fourth-order valence-electron chi connectivity index (χ4n) is 0.915. The van der Waals surface area contributed by atoms with E-state index in [-0.39, 0.29) is 95.3 Å². The molecule has 7 nitrogen and oxygen atoms in total. The van der Waals surface area contributed by atoms with Gasteiger partial charge in [0, 0.05) is 0 Å². The third kappa shape index (κ3) is 11.2. The van der Waals surface area contributed by atoms with Crippen LogP contribution in [0.5, 0.6) is 0 Å². The summed E-state index contributed by atoms with van der Waals surface area (Å²) < 4.78 is 4.41. The number of carbonyl (C=O) groups excluding carboxylic acids is 1. The van der Waals surface area contributed by atoms with Crippen molar-refractivity contribution in [1.29, 1.82) is 0 Å². The quantitative estimate of drug-likeness (QED) is 0.359. The molecule has 0 bridgehead atoms. The fourth-order valence-corrected chi connectivity index (χ4v) is 0.915. The Kier molecular flexibility index (Phi) is 20.5. The Bertz CT molecular complexity index is 284. The first kappa shape index (κ1) is 27.7. The summed E-state index contributed by atoms with van der Waals surface area (Å²) in [6.07, 6.45) is -1.94. The van der Waals surface area contributed by atoms with Crippen molar-refractivity contribution in [1.82, 2.24) is 0 Å². The summed E-state index contributed by atoms with van der Waals surface area (Å²) in [4.78, 5) is 31.8. The molecule has 0 amide bonds. The zero-order valence-electron chi connectivity index (χ0n) is 8.10. The Morgan fingerprint density at radius 1 is 1.06 bits per heavy atom. The molecule has 92 valence electrons. The van der Waals surface area contributed by atoms with Gasteiger partial charge in [0.1, 0.15) is 0 Å². The van der Waals surface area contributed by atoms with Gasteiger partial charge in [-0.05, 0) is 6.92 Å². The van der Waals surface area contributed by atoms with E-state index in [1.807, 2.05) is 0 Å². The van der Waals surface area contributed by atoms with Gasteiger partial charge in [-0.3, -0.25) is 9.59 Å². The molecule has 0 aromatic rings. The van der Waals surface area contributed by atoms with Crippen LogP contribution in [-0.2, 0) is 19.1 Å². The van der Waals surface area contributed by atoms with Gasteiger partial charge in [-0.15, -0.1) is 0 Å². The SMILES string of the molecule is CCOC(=O)CC(O)(CC(=O)O)C(=O)O.[NaH].[NaH].[NaH]. The number of carboxylic acid groups (broad SMARTS) is 2. The van der Waals surface area contributed by atoms with E-state index >= 15 is 0 Å². The topological polar surface area (TPSA) is 121 Å². The van der Waals surface area contributed by atoms with Crippen molar-refractivity contribution in [3.8, 4) is 0 Å². The van der Waals surface area contributed by atoms with Crippen LogP contribution >= 0.6 is 0 Å². The van der Waals surface area contributed by atoms with Crippen LogP contribution in [0.2, 0.25) is 0 Å². The third-order valence-electron chi connectivity index (χ3n) is 1.58. The second-order valence-electron chi connectivity index (χ2n) is 2.89. The van der Waals surface area contributed by atoms with Crippen molar-refractivity contribution < 1.29 is 34.4 Å². The first-order chi connectivity index (χ1) is 6.81. The number of carbonyl (C=O) groups is 3. The standard InChI is InChI=1S/C8H12O7.3Na.3H/c1-2-15-6(11)4-8(14,7(12)13)3-5(9)10;;;;;;/h14H,2-4H2,1H3,(H,9,10)(H,12,13);;;;;;. The van der Waals surface area contributed by atoms with Crippen molar-refractivity contribution in [2.75, 3.05) is 6.61 Å². The summed E-state index contributed by atoms with van der Waals surface area (Å²) in [6.45, 7) is 1.54. The van der Waals surface area contributed by atoms with E-state index in [9.17, 15) is 19.5 Å². The van der Waals surface area contributed by atoms with E-state index in [2.05, 4.69) is 4.74 Å². The van der Waals surface area contributed by atoms with E-state index in [1.54, 1.807) is 0 Å². The van der Waals surface area contributed by atoms with Gasteiger partial charge in [0.15, 0.2) is 5.60 Å². The van der Waals surface area contributed by atoms with Crippen molar-refractivity contribution in [2.24, 2.45) is 0 Å². The Hall–Kier alpha value is 1.37. The molecule has 1 atom stereocenters. The minimum atomic E-state index is -2.61. The van der Waals surface area contributed by atoms with Crippen LogP contribution in [0.4, 0.5) is 0 Å². The second kappa shape index (κ2) is 13.4. The molecule has 10 heteroatoms. The molecule has 0 aliphatic rings. The van der Waals surface area contributed by atoms with Crippen LogP contribution in [0.3, 0.4) is 0 Å². The number of aliphatic carboxylic acids is 2. The zero-order chi connectivity index (χ0) is 12.1. The van der Waals surface area contributed by atoms with Crippen molar-refractivity contribution in [3.05, 3.63) is 0 Å². The molecule has 0 aliphatic carbocycles. The Morgan fingerprint density at radius 3 is 1.78 bits per heavy atom. The molecule has 18 heavy (non-hydrogen) atoms. The molecule has 0 rings (SSSR count). The number of aliphatic hydroxyl groups is 1. The summed E-state index contributed by atoms with van der Waals surface area (Å²) in [5.41, 5.74) is -2.61. The maximum absolute atomic E-state index is 10.9. The molecule has 0 aromatic carbocycles. The summed E-state index contributed by atoms with van der Waals surface area (Å²) in [5.74, 6) is -4.23. The first-order valence-electron chi connectivity index (χ1n) is 4.15. The van der Waals surface area contributed by atoms with E-state index in [0.717, 1.165) is 0 Å². The van der Waals surface area contributed by atoms with Crippen LogP contribution in [0.15, 0.2) is 0 Å². The van der Waals surface area contributed by atoms with E-state index < -0.39 is 36.4 Å². The number of rotatable bonds is 6. The molecule has 0 saturated heterocycles. The number of ether oxygens (including phenoxy) is 1. The normalized spacial score (nSPS) is 11.7. The molecule has 0 radical (unpaired) electrons. The van der Waals surface area contributed by atoms with Gasteiger partial charge in [0.05, 0.1) is 19.4 Å². The van der Waals surface area contributed by atoms with Crippen LogP contribution in [0.25, 0.3) is 0 Å². The number of esters is 1. The van der Waals surface area contributed by atoms with Gasteiger partial charge >= 0.3 is 107 Å². The molecule has 0 heterocycles. The summed E-state index contributed by atoms with van der Waals surface area (Å²) >= 11 is 0. The van der Waals surface area contributed by atoms with Crippen LogP contribution in [-0.4, -0.2) is 134 Å². The molecular formula is C8H15Na3O7. The number of hydrogen-bond donors (Lipinski definition) is 3. The summed E-state index contributed by atoms with van der Waals surface area (Å²) in [6, 6.07) is 0. The predicted molar refractivity (Wildman–Crippen MR) is 67.5 cm³/mol. The van der Waals surface area contributed by atoms with Gasteiger partial charge in [0.25, 0.3) is 0 Å². The minimum absolute atomic E-state index is 0. The number of hydrogen-bond acceptors (Lipinski definition) is 5. The Labute approximate surface area is 171 Å². The Balaban J connectivity index is -0.000000327. The first-order valence-corrected chi connectivity index (χ1v) is 4.15.